The third-order valence-electron chi connectivity index (χ3n) is 11.0. The number of carbonyl (C=O) groups excluding carboxylic acids is 1. The average Bonchev–Trinajstić information content (AvgIpc) is 3.30. The Morgan fingerprint density at radius 1 is 0.458 bits per heavy atom. The van der Waals surface area contributed by atoms with Gasteiger partial charge in [0.1, 0.15) is 30.5 Å². The summed E-state index contributed by atoms with van der Waals surface area (Å²) in [5.74, 6) is 1.72. The van der Waals surface area contributed by atoms with E-state index in [1.54, 1.807) is 0 Å². The highest BCUT2D eigenvalue weighted by molar-refractivity contribution is 5.81. The summed E-state index contributed by atoms with van der Waals surface area (Å²) in [6, 6.07) is 54.3. The Bertz CT molecular complexity index is 2130. The fourth-order valence-corrected chi connectivity index (χ4v) is 7.67. The maximum Gasteiger partial charge on any atom is 0.171 e. The van der Waals surface area contributed by atoms with Gasteiger partial charge in [-0.25, -0.2) is 0 Å². The minimum atomic E-state index is -0.412. The molecule has 304 valence electrons. The molecule has 0 spiro atoms. The molecule has 2 aliphatic rings. The number of carbonyl (C=O) groups is 1. The van der Waals surface area contributed by atoms with E-state index in [2.05, 4.69) is 107 Å². The average molecular weight is 789 g/mol. The number of ketones is 1. The number of piperidine rings is 2. The normalized spacial score (nSPS) is 14.9. The van der Waals surface area contributed by atoms with Crippen LogP contribution in [0.1, 0.15) is 50.7 Å². The van der Waals surface area contributed by atoms with Crippen molar-refractivity contribution in [3.63, 3.8) is 0 Å². The SMILES string of the molecule is CCOC1(OCC)CCN(c2ccc(-c3ccc(OCc4ccccc4)cc3)cc2)CC1.O=C1CCN(c2ccc(-c3ccc(OCc4ccccc4)cc3)cc2)CC1. The van der Waals surface area contributed by atoms with Gasteiger partial charge in [0.2, 0.25) is 0 Å². The predicted molar refractivity (Wildman–Crippen MR) is 239 cm³/mol. The molecule has 2 saturated heterocycles. The number of rotatable bonds is 14. The summed E-state index contributed by atoms with van der Waals surface area (Å²) in [6.45, 7) is 10.1. The number of hydrogen-bond donors (Lipinski definition) is 0. The molecular weight excluding hydrogens is 733 g/mol. The molecule has 2 aliphatic heterocycles. The lowest BCUT2D eigenvalue weighted by Crippen LogP contribution is -2.48. The van der Waals surface area contributed by atoms with Crippen LogP contribution in [0.2, 0.25) is 0 Å². The summed E-state index contributed by atoms with van der Waals surface area (Å²) < 4.78 is 23.7. The van der Waals surface area contributed by atoms with Crippen LogP contribution in [-0.4, -0.2) is 51.0 Å². The summed E-state index contributed by atoms with van der Waals surface area (Å²) in [5.41, 5.74) is 9.52. The summed E-state index contributed by atoms with van der Waals surface area (Å²) >= 11 is 0. The van der Waals surface area contributed by atoms with Crippen molar-refractivity contribution in [2.24, 2.45) is 0 Å². The van der Waals surface area contributed by atoms with Crippen molar-refractivity contribution in [2.75, 3.05) is 49.2 Å². The van der Waals surface area contributed by atoms with Gasteiger partial charge in [-0.15, -0.1) is 0 Å². The van der Waals surface area contributed by atoms with Gasteiger partial charge in [-0.05, 0) is 95.8 Å². The number of anilines is 2. The molecule has 0 bridgehead atoms. The third-order valence-corrected chi connectivity index (χ3v) is 11.0. The van der Waals surface area contributed by atoms with Crippen LogP contribution in [0.3, 0.4) is 0 Å². The number of Topliss-reactive ketones (excluding diaryl/α,β-unsaturated/α-hetero) is 1. The zero-order valence-electron chi connectivity index (χ0n) is 34.4. The monoisotopic (exact) mass is 788 g/mol. The van der Waals surface area contributed by atoms with E-state index in [4.69, 9.17) is 18.9 Å². The maximum atomic E-state index is 11.4. The largest absolute Gasteiger partial charge is 0.489 e. The lowest BCUT2D eigenvalue weighted by Gasteiger charge is -2.41. The van der Waals surface area contributed by atoms with Crippen molar-refractivity contribution in [3.8, 4) is 33.8 Å². The molecule has 0 amide bonds. The number of benzene rings is 6. The topological polar surface area (TPSA) is 60.5 Å². The van der Waals surface area contributed by atoms with Crippen LogP contribution < -0.4 is 19.3 Å². The van der Waals surface area contributed by atoms with Crippen LogP contribution >= 0.6 is 0 Å². The smallest absolute Gasteiger partial charge is 0.171 e. The first-order valence-electron chi connectivity index (χ1n) is 21.0. The van der Waals surface area contributed by atoms with Crippen molar-refractivity contribution in [1.29, 1.82) is 0 Å². The molecular formula is C52H56N2O5. The second kappa shape index (κ2) is 20.7. The van der Waals surface area contributed by atoms with Crippen LogP contribution in [-0.2, 0) is 27.5 Å². The standard InChI is InChI=1S/C28H33NO3.C24H23NO2/c1-3-31-28(32-4-2)18-20-29(21-19-28)26-14-10-24(11-15-26)25-12-16-27(17-13-25)30-22-23-8-6-5-7-9-23;26-23-14-16-25(17-15-23)22-10-6-20(7-11-22)21-8-12-24(13-9-21)27-18-19-4-2-1-3-5-19/h5-17H,3-4,18-22H2,1-2H3;1-13H,14-18H2. The Labute approximate surface area is 350 Å². The molecule has 2 fully saturated rings. The molecule has 59 heavy (non-hydrogen) atoms. The van der Waals surface area contributed by atoms with Crippen molar-refractivity contribution in [3.05, 3.63) is 169 Å². The van der Waals surface area contributed by atoms with Crippen molar-refractivity contribution in [1.82, 2.24) is 0 Å². The highest BCUT2D eigenvalue weighted by atomic mass is 16.7. The van der Waals surface area contributed by atoms with Crippen molar-refractivity contribution in [2.45, 2.75) is 58.5 Å². The van der Waals surface area contributed by atoms with Crippen LogP contribution in [0.5, 0.6) is 11.5 Å². The van der Waals surface area contributed by atoms with Gasteiger partial charge < -0.3 is 28.7 Å². The summed E-state index contributed by atoms with van der Waals surface area (Å²) in [6.07, 6.45) is 3.10. The van der Waals surface area contributed by atoms with E-state index >= 15 is 0 Å². The molecule has 6 aromatic rings. The Balaban J connectivity index is 0.000000181. The van der Waals surface area contributed by atoms with Crippen molar-refractivity contribution < 1.29 is 23.7 Å². The molecule has 7 nitrogen and oxygen atoms in total. The molecule has 0 N–H and O–H groups in total. The Kier molecular flexibility index (Phi) is 14.5. The quantitative estimate of drug-likeness (QED) is 0.102. The summed E-state index contributed by atoms with van der Waals surface area (Å²) in [5, 5.41) is 0. The van der Waals surface area contributed by atoms with Gasteiger partial charge >= 0.3 is 0 Å². The summed E-state index contributed by atoms with van der Waals surface area (Å²) in [7, 11) is 0. The van der Waals surface area contributed by atoms with Gasteiger partial charge in [0.25, 0.3) is 0 Å². The Morgan fingerprint density at radius 2 is 0.814 bits per heavy atom. The Hall–Kier alpha value is -5.89. The minimum Gasteiger partial charge on any atom is -0.489 e. The first-order valence-corrected chi connectivity index (χ1v) is 21.0. The number of hydrogen-bond acceptors (Lipinski definition) is 7. The molecule has 7 heteroatoms. The van der Waals surface area contributed by atoms with Gasteiger partial charge in [-0.2, -0.15) is 0 Å². The highest BCUT2D eigenvalue weighted by Gasteiger charge is 2.36. The predicted octanol–water partition coefficient (Wildman–Crippen LogP) is 11.4. The molecule has 0 unspecified atom stereocenters. The molecule has 8 rings (SSSR count). The molecule has 6 aromatic carbocycles. The van der Waals surface area contributed by atoms with E-state index in [1.807, 2.05) is 74.5 Å². The van der Waals surface area contributed by atoms with Gasteiger partial charge in [-0.3, -0.25) is 4.79 Å². The minimum absolute atomic E-state index is 0.373. The molecule has 0 saturated carbocycles. The van der Waals surface area contributed by atoms with E-state index in [0.29, 0.717) is 45.1 Å². The molecule has 0 atom stereocenters. The first-order chi connectivity index (χ1) is 29.0. The van der Waals surface area contributed by atoms with E-state index in [9.17, 15) is 4.79 Å². The van der Waals surface area contributed by atoms with E-state index in [1.165, 1.54) is 39.2 Å². The zero-order chi connectivity index (χ0) is 40.7. The van der Waals surface area contributed by atoms with Crippen LogP contribution in [0.15, 0.2) is 158 Å². The van der Waals surface area contributed by atoms with E-state index in [-0.39, 0.29) is 0 Å². The van der Waals surface area contributed by atoms with Crippen molar-refractivity contribution >= 4 is 17.2 Å². The molecule has 0 radical (unpaired) electrons. The van der Waals surface area contributed by atoms with Gasteiger partial charge in [0.15, 0.2) is 5.79 Å². The molecule has 0 aliphatic carbocycles. The van der Waals surface area contributed by atoms with Gasteiger partial charge in [0.05, 0.1) is 0 Å². The van der Waals surface area contributed by atoms with Gasteiger partial charge in [-0.1, -0.05) is 109 Å². The molecule has 2 heterocycles. The zero-order valence-corrected chi connectivity index (χ0v) is 34.4. The van der Waals surface area contributed by atoms with E-state index < -0.39 is 5.79 Å². The maximum absolute atomic E-state index is 11.4. The highest BCUT2D eigenvalue weighted by Crippen LogP contribution is 2.32. The third kappa shape index (κ3) is 11.6. The lowest BCUT2D eigenvalue weighted by atomic mass is 10.0. The van der Waals surface area contributed by atoms with Crippen LogP contribution in [0.25, 0.3) is 22.3 Å². The molecule has 0 aromatic heterocycles. The summed E-state index contributed by atoms with van der Waals surface area (Å²) in [4.78, 5) is 16.1. The van der Waals surface area contributed by atoms with E-state index in [0.717, 1.165) is 56.1 Å². The Morgan fingerprint density at radius 3 is 1.19 bits per heavy atom. The van der Waals surface area contributed by atoms with Gasteiger partial charge in [0, 0.05) is 76.5 Å². The second-order valence-corrected chi connectivity index (χ2v) is 15.0. The van der Waals surface area contributed by atoms with Crippen LogP contribution in [0.4, 0.5) is 11.4 Å². The second-order valence-electron chi connectivity index (χ2n) is 15.0. The fourth-order valence-electron chi connectivity index (χ4n) is 7.67. The number of nitrogens with zero attached hydrogens (tertiary/aromatic N) is 2. The lowest BCUT2D eigenvalue weighted by molar-refractivity contribution is -0.242. The first kappa shape index (κ1) is 41.3. The number of ether oxygens (including phenoxy) is 4. The van der Waals surface area contributed by atoms with Crippen LogP contribution in [0, 0.1) is 0 Å². The fraction of sp³-hybridized carbons (Fsp3) is 0.288.